The van der Waals surface area contributed by atoms with E-state index in [1.807, 2.05) is 0 Å². The molecule has 6 heteroatoms. The molecule has 0 saturated heterocycles. The van der Waals surface area contributed by atoms with Crippen LogP contribution >= 0.6 is 0 Å². The van der Waals surface area contributed by atoms with Crippen molar-refractivity contribution in [2.24, 2.45) is 17.8 Å². The molecule has 0 aliphatic carbocycles. The second-order valence-electron chi connectivity index (χ2n) is 19.7. The van der Waals surface area contributed by atoms with Crippen LogP contribution in [0.3, 0.4) is 0 Å². The van der Waals surface area contributed by atoms with Gasteiger partial charge in [0.25, 0.3) is 0 Å². The van der Waals surface area contributed by atoms with Crippen LogP contribution in [0.15, 0.2) is 0 Å². The molecule has 374 valence electrons. The molecule has 0 aromatic heterocycles. The van der Waals surface area contributed by atoms with Gasteiger partial charge in [-0.2, -0.15) is 0 Å². The maximum Gasteiger partial charge on any atom is 0.309 e. The van der Waals surface area contributed by atoms with Crippen molar-refractivity contribution in [1.82, 2.24) is 0 Å². The molecule has 0 unspecified atom stereocenters. The van der Waals surface area contributed by atoms with E-state index in [4.69, 9.17) is 14.2 Å². The largest absolute Gasteiger partial charge is 0.461 e. The number of ether oxygens (including phenoxy) is 3. The number of esters is 3. The third-order valence-electron chi connectivity index (χ3n) is 13.5. The van der Waals surface area contributed by atoms with Crippen molar-refractivity contribution in [3.8, 4) is 0 Å². The molecule has 0 amide bonds. The van der Waals surface area contributed by atoms with E-state index in [-0.39, 0.29) is 48.9 Å². The SMILES string of the molecule is CCCCCCCCC(CCCCCCCC)C(=O)OCC(COC(=O)C(CCCCCCCC)CCCCCCCC)OC(=O)C(CCCCCCCC)CCCCCCCC. The van der Waals surface area contributed by atoms with E-state index >= 15 is 0 Å². The molecule has 0 aliphatic heterocycles. The Hall–Kier alpha value is -1.59. The molecular weight excluding hydrogens is 781 g/mol. The van der Waals surface area contributed by atoms with Gasteiger partial charge in [0, 0.05) is 0 Å². The summed E-state index contributed by atoms with van der Waals surface area (Å²) in [6.07, 6.45) is 47.0. The number of hydrogen-bond acceptors (Lipinski definition) is 6. The number of carbonyl (C=O) groups is 3. The zero-order chi connectivity index (χ0) is 46.3. The fourth-order valence-electron chi connectivity index (χ4n) is 9.13. The molecule has 6 nitrogen and oxygen atoms in total. The van der Waals surface area contributed by atoms with Gasteiger partial charge in [-0.05, 0) is 38.5 Å². The van der Waals surface area contributed by atoms with Crippen molar-refractivity contribution in [1.29, 1.82) is 0 Å². The highest BCUT2D eigenvalue weighted by atomic mass is 16.6. The first kappa shape index (κ1) is 61.4. The van der Waals surface area contributed by atoms with Gasteiger partial charge < -0.3 is 14.2 Å². The predicted octanol–water partition coefficient (Wildman–Crippen LogP) is 18.3. The van der Waals surface area contributed by atoms with Gasteiger partial charge in [-0.3, -0.25) is 14.4 Å². The lowest BCUT2D eigenvalue weighted by Gasteiger charge is -2.24. The first-order chi connectivity index (χ1) is 30.9. The molecule has 0 aliphatic rings. The van der Waals surface area contributed by atoms with Crippen molar-refractivity contribution < 1.29 is 28.6 Å². The number of hydrogen-bond donors (Lipinski definition) is 0. The van der Waals surface area contributed by atoms with Crippen LogP contribution in [0.25, 0.3) is 0 Å². The van der Waals surface area contributed by atoms with E-state index in [0.29, 0.717) is 0 Å². The topological polar surface area (TPSA) is 78.9 Å². The maximum atomic E-state index is 14.1. The summed E-state index contributed by atoms with van der Waals surface area (Å²) in [5, 5.41) is 0. The number of rotatable bonds is 50. The Bertz CT molecular complexity index is 882. The van der Waals surface area contributed by atoms with E-state index in [0.717, 1.165) is 116 Å². The average molecular weight is 892 g/mol. The molecule has 0 fully saturated rings. The normalized spacial score (nSPS) is 11.7. The molecule has 63 heavy (non-hydrogen) atoms. The Morgan fingerprint density at radius 2 is 0.460 bits per heavy atom. The molecular formula is C57H110O6. The van der Waals surface area contributed by atoms with E-state index in [9.17, 15) is 14.4 Å². The fraction of sp³-hybridized carbons (Fsp3) is 0.947. The molecule has 0 aromatic carbocycles. The Kier molecular flexibility index (Phi) is 47.1. The van der Waals surface area contributed by atoms with Crippen molar-refractivity contribution in [3.05, 3.63) is 0 Å². The highest BCUT2D eigenvalue weighted by molar-refractivity contribution is 5.74. The summed E-state index contributed by atoms with van der Waals surface area (Å²) in [6, 6.07) is 0. The van der Waals surface area contributed by atoms with Gasteiger partial charge in [0.1, 0.15) is 13.2 Å². The van der Waals surface area contributed by atoms with E-state index < -0.39 is 6.10 Å². The quantitative estimate of drug-likeness (QED) is 0.0344. The standard InChI is InChI=1S/C57H110O6/c1-7-13-19-25-31-37-43-51(44-38-32-26-20-14-8-2)55(58)61-49-54(63-57(60)53(47-41-35-29-23-17-11-5)48-42-36-30-24-18-12-6)50-62-56(59)52(45-39-33-27-21-15-9-3)46-40-34-28-22-16-10-4/h51-54H,7-50H2,1-6H3. The minimum Gasteiger partial charge on any atom is -0.461 e. The van der Waals surface area contributed by atoms with Crippen LogP contribution in [0.1, 0.15) is 311 Å². The summed E-state index contributed by atoms with van der Waals surface area (Å²) in [5.41, 5.74) is 0. The van der Waals surface area contributed by atoms with Gasteiger partial charge in [0.05, 0.1) is 17.8 Å². The van der Waals surface area contributed by atoms with Gasteiger partial charge in [-0.15, -0.1) is 0 Å². The predicted molar refractivity (Wildman–Crippen MR) is 270 cm³/mol. The van der Waals surface area contributed by atoms with Crippen LogP contribution in [0, 0.1) is 17.8 Å². The Balaban J connectivity index is 6.06. The Morgan fingerprint density at radius 3 is 0.683 bits per heavy atom. The van der Waals surface area contributed by atoms with Crippen molar-refractivity contribution >= 4 is 17.9 Å². The smallest absolute Gasteiger partial charge is 0.309 e. The first-order valence-electron chi connectivity index (χ1n) is 28.4. The van der Waals surface area contributed by atoms with Crippen molar-refractivity contribution in [2.45, 2.75) is 317 Å². The van der Waals surface area contributed by atoms with Gasteiger partial charge in [0.2, 0.25) is 0 Å². The van der Waals surface area contributed by atoms with Crippen LogP contribution < -0.4 is 0 Å². The lowest BCUT2D eigenvalue weighted by atomic mass is 9.94. The summed E-state index contributed by atoms with van der Waals surface area (Å²) in [5.74, 6) is -1.03. The molecule has 0 bridgehead atoms. The summed E-state index contributed by atoms with van der Waals surface area (Å²) >= 11 is 0. The highest BCUT2D eigenvalue weighted by Crippen LogP contribution is 2.25. The van der Waals surface area contributed by atoms with Gasteiger partial charge >= 0.3 is 17.9 Å². The van der Waals surface area contributed by atoms with Gasteiger partial charge in [0.15, 0.2) is 6.10 Å². The van der Waals surface area contributed by atoms with E-state index in [2.05, 4.69) is 41.5 Å². The van der Waals surface area contributed by atoms with Crippen LogP contribution in [-0.2, 0) is 28.6 Å². The molecule has 0 atom stereocenters. The summed E-state index contributed by atoms with van der Waals surface area (Å²) < 4.78 is 18.6. The lowest BCUT2D eigenvalue weighted by Crippen LogP contribution is -2.35. The summed E-state index contributed by atoms with van der Waals surface area (Å²) in [6.45, 7) is 13.4. The molecule has 0 aromatic rings. The molecule has 0 rings (SSSR count). The second kappa shape index (κ2) is 48.3. The van der Waals surface area contributed by atoms with Crippen LogP contribution in [0.2, 0.25) is 0 Å². The molecule has 0 spiro atoms. The van der Waals surface area contributed by atoms with Crippen LogP contribution in [0.5, 0.6) is 0 Å². The van der Waals surface area contributed by atoms with Crippen LogP contribution in [-0.4, -0.2) is 37.2 Å². The molecule has 0 radical (unpaired) electrons. The lowest BCUT2D eigenvalue weighted by molar-refractivity contribution is -0.172. The minimum atomic E-state index is -0.797. The van der Waals surface area contributed by atoms with E-state index in [1.165, 1.54) is 154 Å². The van der Waals surface area contributed by atoms with Crippen LogP contribution in [0.4, 0.5) is 0 Å². The molecule has 0 N–H and O–H groups in total. The summed E-state index contributed by atoms with van der Waals surface area (Å²) in [7, 11) is 0. The third-order valence-corrected chi connectivity index (χ3v) is 13.5. The number of unbranched alkanes of at least 4 members (excludes halogenated alkanes) is 30. The fourth-order valence-corrected chi connectivity index (χ4v) is 9.13. The van der Waals surface area contributed by atoms with E-state index in [1.54, 1.807) is 0 Å². The molecule has 0 heterocycles. The first-order valence-corrected chi connectivity index (χ1v) is 28.4. The monoisotopic (exact) mass is 891 g/mol. The third kappa shape index (κ3) is 39.3. The van der Waals surface area contributed by atoms with Gasteiger partial charge in [-0.25, -0.2) is 0 Å². The highest BCUT2D eigenvalue weighted by Gasteiger charge is 2.28. The summed E-state index contributed by atoms with van der Waals surface area (Å²) in [4.78, 5) is 41.9. The Morgan fingerprint density at radius 1 is 0.270 bits per heavy atom. The van der Waals surface area contributed by atoms with Crippen molar-refractivity contribution in [3.63, 3.8) is 0 Å². The van der Waals surface area contributed by atoms with Crippen molar-refractivity contribution in [2.75, 3.05) is 13.2 Å². The maximum absolute atomic E-state index is 14.1. The minimum absolute atomic E-state index is 0.0539. The zero-order valence-electron chi connectivity index (χ0n) is 43.4. The molecule has 0 saturated carbocycles. The van der Waals surface area contributed by atoms with Gasteiger partial charge in [-0.1, -0.05) is 273 Å². The Labute approximate surface area is 393 Å². The second-order valence-corrected chi connectivity index (χ2v) is 19.7. The number of carbonyl (C=O) groups excluding carboxylic acids is 3. The zero-order valence-corrected chi connectivity index (χ0v) is 43.4. The average Bonchev–Trinajstić information content (AvgIpc) is 3.28.